The molecule has 1 aromatic heterocycles. The Hall–Kier alpha value is -0.780. The fraction of sp³-hybridized carbons (Fsp3) is 0.733. The van der Waals surface area contributed by atoms with Gasteiger partial charge in [0.2, 0.25) is 0 Å². The largest absolute Gasteiger partial charge is 0.301 e. The normalized spacial score (nSPS) is 17.6. The number of thiazole rings is 1. The van der Waals surface area contributed by atoms with Crippen LogP contribution >= 0.6 is 11.3 Å². The summed E-state index contributed by atoms with van der Waals surface area (Å²) in [6.45, 7) is 12.8. The molecule has 0 aliphatic carbocycles. The van der Waals surface area contributed by atoms with Gasteiger partial charge in [0.05, 0.1) is 15.6 Å². The molecule has 20 heavy (non-hydrogen) atoms. The molecule has 2 rings (SSSR count). The summed E-state index contributed by atoms with van der Waals surface area (Å²) in [5, 5.41) is 1.12. The number of aryl methyl sites for hydroxylation is 1. The van der Waals surface area contributed by atoms with E-state index in [0.29, 0.717) is 0 Å². The molecule has 0 aromatic carbocycles. The van der Waals surface area contributed by atoms with Gasteiger partial charge < -0.3 is 9.80 Å². The quantitative estimate of drug-likeness (QED) is 0.753. The van der Waals surface area contributed by atoms with Crippen LogP contribution in [0.25, 0.3) is 0 Å². The number of hydrogen-bond donors (Lipinski definition) is 0. The van der Waals surface area contributed by atoms with E-state index in [4.69, 9.17) is 0 Å². The molecule has 1 fully saturated rings. The maximum atomic E-state index is 11.6. The van der Waals surface area contributed by atoms with E-state index < -0.39 is 0 Å². The second-order valence-electron chi connectivity index (χ2n) is 5.32. The number of Topliss-reactive ketones (excluding diaryl/α,β-unsaturated/α-hetero) is 1. The predicted molar refractivity (Wildman–Crippen MR) is 83.8 cm³/mol. The maximum absolute atomic E-state index is 11.6. The highest BCUT2D eigenvalue weighted by Crippen LogP contribution is 2.20. The van der Waals surface area contributed by atoms with Crippen LogP contribution in [-0.4, -0.2) is 59.8 Å². The predicted octanol–water partition coefficient (Wildman–Crippen LogP) is 2.09. The molecule has 0 N–H and O–H groups in total. The number of piperazine rings is 1. The minimum absolute atomic E-state index is 0.155. The van der Waals surface area contributed by atoms with Crippen LogP contribution in [0.15, 0.2) is 0 Å². The number of nitrogens with zero attached hydrogens (tertiary/aromatic N) is 3. The molecule has 0 bridgehead atoms. The van der Waals surface area contributed by atoms with E-state index in [1.807, 2.05) is 0 Å². The minimum atomic E-state index is 0.155. The molecule has 5 heteroatoms. The zero-order valence-corrected chi connectivity index (χ0v) is 13.6. The van der Waals surface area contributed by atoms with E-state index in [-0.39, 0.29) is 5.78 Å². The highest BCUT2D eigenvalue weighted by molar-refractivity contribution is 7.13. The van der Waals surface area contributed by atoms with E-state index in [0.717, 1.165) is 54.6 Å². The van der Waals surface area contributed by atoms with Gasteiger partial charge in [0, 0.05) is 46.1 Å². The number of aromatic nitrogens is 1. The number of ketones is 1. The zero-order chi connectivity index (χ0) is 14.5. The lowest BCUT2D eigenvalue weighted by Gasteiger charge is -2.33. The van der Waals surface area contributed by atoms with Crippen LogP contribution in [-0.2, 0) is 12.8 Å². The van der Waals surface area contributed by atoms with E-state index >= 15 is 0 Å². The Morgan fingerprint density at radius 3 is 2.35 bits per heavy atom. The first-order valence-electron chi connectivity index (χ1n) is 7.58. The number of likely N-dealkylation sites (N-methyl/N-ethyl adjacent to an activating group) is 1. The topological polar surface area (TPSA) is 36.4 Å². The number of carbonyl (C=O) groups excluding carboxylic acids is 1. The van der Waals surface area contributed by atoms with Crippen molar-refractivity contribution in [3.05, 3.63) is 15.6 Å². The van der Waals surface area contributed by atoms with Crippen molar-refractivity contribution in [2.24, 2.45) is 0 Å². The van der Waals surface area contributed by atoms with Gasteiger partial charge in [-0.3, -0.25) is 4.79 Å². The second-order valence-corrected chi connectivity index (χ2v) is 6.40. The van der Waals surface area contributed by atoms with Crippen LogP contribution in [0.4, 0.5) is 0 Å². The smallest absolute Gasteiger partial charge is 0.171 e. The lowest BCUT2D eigenvalue weighted by Crippen LogP contribution is -2.46. The zero-order valence-electron chi connectivity index (χ0n) is 12.8. The fourth-order valence-corrected chi connectivity index (χ4v) is 3.64. The van der Waals surface area contributed by atoms with Gasteiger partial charge in [0.1, 0.15) is 0 Å². The van der Waals surface area contributed by atoms with Crippen LogP contribution in [0.1, 0.15) is 41.1 Å². The number of carbonyl (C=O) groups is 1. The van der Waals surface area contributed by atoms with Crippen molar-refractivity contribution in [1.29, 1.82) is 0 Å². The first-order valence-corrected chi connectivity index (χ1v) is 8.39. The lowest BCUT2D eigenvalue weighted by molar-refractivity contribution is 0.102. The van der Waals surface area contributed by atoms with Gasteiger partial charge >= 0.3 is 0 Å². The van der Waals surface area contributed by atoms with E-state index in [2.05, 4.69) is 28.6 Å². The lowest BCUT2D eigenvalue weighted by atomic mass is 10.2. The summed E-state index contributed by atoms with van der Waals surface area (Å²) in [5.41, 5.74) is 0.980. The van der Waals surface area contributed by atoms with E-state index in [1.54, 1.807) is 18.3 Å². The molecular weight excluding hydrogens is 270 g/mol. The Bertz CT molecular complexity index is 450. The Balaban J connectivity index is 1.87. The summed E-state index contributed by atoms with van der Waals surface area (Å²) in [6, 6.07) is 0. The van der Waals surface area contributed by atoms with E-state index in [9.17, 15) is 4.79 Å². The molecule has 1 aliphatic heterocycles. The summed E-state index contributed by atoms with van der Waals surface area (Å²) in [7, 11) is 0. The third-order valence-corrected chi connectivity index (χ3v) is 5.21. The highest BCUT2D eigenvalue weighted by Gasteiger charge is 2.17. The second kappa shape index (κ2) is 7.29. The molecular formula is C15H25N3OS. The Labute approximate surface area is 125 Å². The minimum Gasteiger partial charge on any atom is -0.301 e. The Morgan fingerprint density at radius 1 is 1.20 bits per heavy atom. The molecule has 4 nitrogen and oxygen atoms in total. The molecule has 2 heterocycles. The van der Waals surface area contributed by atoms with Gasteiger partial charge in [-0.05, 0) is 13.0 Å². The summed E-state index contributed by atoms with van der Waals surface area (Å²) in [5.74, 6) is 0.155. The van der Waals surface area contributed by atoms with Gasteiger partial charge in [-0.2, -0.15) is 0 Å². The van der Waals surface area contributed by atoms with Gasteiger partial charge in [-0.1, -0.05) is 13.8 Å². The molecule has 1 aromatic rings. The van der Waals surface area contributed by atoms with Gasteiger partial charge in [-0.25, -0.2) is 4.98 Å². The van der Waals surface area contributed by atoms with Crippen molar-refractivity contribution >= 4 is 17.1 Å². The average Bonchev–Trinajstić information content (AvgIpc) is 2.89. The van der Waals surface area contributed by atoms with Crippen molar-refractivity contribution in [1.82, 2.24) is 14.8 Å². The Kier molecular flexibility index (Phi) is 5.69. The van der Waals surface area contributed by atoms with Crippen LogP contribution in [0.3, 0.4) is 0 Å². The van der Waals surface area contributed by atoms with Crippen molar-refractivity contribution in [3.63, 3.8) is 0 Å². The number of hydrogen-bond acceptors (Lipinski definition) is 5. The van der Waals surface area contributed by atoms with Crippen molar-refractivity contribution in [2.75, 3.05) is 39.3 Å². The molecule has 0 radical (unpaired) electrons. The van der Waals surface area contributed by atoms with Gasteiger partial charge in [0.25, 0.3) is 0 Å². The first kappa shape index (κ1) is 15.6. The third kappa shape index (κ3) is 3.87. The number of rotatable bonds is 6. The van der Waals surface area contributed by atoms with Crippen LogP contribution in [0.5, 0.6) is 0 Å². The summed E-state index contributed by atoms with van der Waals surface area (Å²) in [4.78, 5) is 22.0. The van der Waals surface area contributed by atoms with Crippen LogP contribution in [0, 0.1) is 0 Å². The molecule has 1 saturated heterocycles. The summed E-state index contributed by atoms with van der Waals surface area (Å²) in [6.07, 6.45) is 1.82. The Morgan fingerprint density at radius 2 is 1.85 bits per heavy atom. The fourth-order valence-electron chi connectivity index (χ4n) is 2.61. The summed E-state index contributed by atoms with van der Waals surface area (Å²) < 4.78 is 0. The van der Waals surface area contributed by atoms with Gasteiger partial charge in [-0.15, -0.1) is 11.3 Å². The third-order valence-electron chi connectivity index (χ3n) is 3.95. The highest BCUT2D eigenvalue weighted by atomic mass is 32.1. The van der Waals surface area contributed by atoms with Crippen molar-refractivity contribution in [3.8, 4) is 0 Å². The average molecular weight is 295 g/mol. The molecule has 0 saturated carbocycles. The monoisotopic (exact) mass is 295 g/mol. The van der Waals surface area contributed by atoms with Gasteiger partial charge in [0.15, 0.2) is 5.78 Å². The molecule has 0 spiro atoms. The van der Waals surface area contributed by atoms with E-state index in [1.165, 1.54) is 13.1 Å². The standard InChI is InChI=1S/C15H25N3OS/c1-4-13-15(12(3)19)20-14(16-13)6-7-18-10-8-17(5-2)9-11-18/h4-11H2,1-3H3. The van der Waals surface area contributed by atoms with Crippen molar-refractivity contribution < 1.29 is 4.79 Å². The SMILES string of the molecule is CCc1nc(CCN2CCN(CC)CC2)sc1C(C)=O. The van der Waals surface area contributed by atoms with Crippen molar-refractivity contribution in [2.45, 2.75) is 33.6 Å². The van der Waals surface area contributed by atoms with Crippen LogP contribution in [0.2, 0.25) is 0 Å². The maximum Gasteiger partial charge on any atom is 0.171 e. The first-order chi connectivity index (χ1) is 9.63. The van der Waals surface area contributed by atoms with Crippen LogP contribution < -0.4 is 0 Å². The summed E-state index contributed by atoms with van der Waals surface area (Å²) >= 11 is 1.59. The molecule has 0 atom stereocenters. The molecule has 0 unspecified atom stereocenters. The molecule has 1 aliphatic rings. The molecule has 0 amide bonds. The molecule has 112 valence electrons.